The Morgan fingerprint density at radius 3 is 2.71 bits per heavy atom. The maximum Gasteiger partial charge on any atom is 0.346 e. The van der Waals surface area contributed by atoms with Crippen molar-refractivity contribution < 1.29 is 23.8 Å². The number of hydrogen-bond acceptors (Lipinski definition) is 7. The lowest BCUT2D eigenvalue weighted by Gasteiger charge is -2.15. The number of carbonyl (C=O) groups is 1. The standard InChI is InChI=1S/C23H19FN2O6S2/c1-11-6-14(33-3)7-12(19(11)31-2)9-32-13-4-5-15(24)17(8-13)26-21(27)18-16(25-23(26)30)10-34-20(18)22(28)29/h4-8,10H,9H2,1-3H3,(H,25,30)(H,28,29). The largest absolute Gasteiger partial charge is 0.496 e. The van der Waals surface area contributed by atoms with Crippen LogP contribution in [0.15, 0.2) is 50.2 Å². The highest BCUT2D eigenvalue weighted by molar-refractivity contribution is 7.98. The fourth-order valence-electron chi connectivity index (χ4n) is 3.66. The molecule has 0 unspecified atom stereocenters. The van der Waals surface area contributed by atoms with Crippen LogP contribution in [-0.4, -0.2) is 34.0 Å². The fraction of sp³-hybridized carbons (Fsp3) is 0.174. The van der Waals surface area contributed by atoms with E-state index in [1.165, 1.54) is 17.5 Å². The van der Waals surface area contributed by atoms with Gasteiger partial charge in [-0.2, -0.15) is 0 Å². The number of aromatic nitrogens is 2. The summed E-state index contributed by atoms with van der Waals surface area (Å²) >= 11 is 2.37. The highest BCUT2D eigenvalue weighted by atomic mass is 32.2. The van der Waals surface area contributed by atoms with Crippen molar-refractivity contribution in [2.45, 2.75) is 18.4 Å². The van der Waals surface area contributed by atoms with Crippen molar-refractivity contribution in [3.8, 4) is 17.2 Å². The number of benzene rings is 2. The minimum atomic E-state index is -1.31. The molecule has 2 N–H and O–H groups in total. The highest BCUT2D eigenvalue weighted by Crippen LogP contribution is 2.30. The minimum absolute atomic E-state index is 0.0811. The molecule has 0 radical (unpaired) electrons. The Bertz CT molecular complexity index is 1540. The van der Waals surface area contributed by atoms with Gasteiger partial charge in [0, 0.05) is 21.9 Å². The molecule has 0 atom stereocenters. The number of carboxylic acids is 1. The quantitative estimate of drug-likeness (QED) is 0.365. The first kappa shape index (κ1) is 23.6. The summed E-state index contributed by atoms with van der Waals surface area (Å²) in [5, 5.41) is 10.5. The van der Waals surface area contributed by atoms with Gasteiger partial charge in [0.15, 0.2) is 0 Å². The summed E-state index contributed by atoms with van der Waals surface area (Å²) in [4.78, 5) is 40.3. The van der Waals surface area contributed by atoms with E-state index in [9.17, 15) is 23.9 Å². The summed E-state index contributed by atoms with van der Waals surface area (Å²) in [7, 11) is 1.56. The molecule has 4 aromatic rings. The highest BCUT2D eigenvalue weighted by Gasteiger charge is 2.21. The third-order valence-electron chi connectivity index (χ3n) is 5.16. The number of fused-ring (bicyclic) bond motifs is 1. The number of carboxylic acid groups (broad SMARTS) is 1. The van der Waals surface area contributed by atoms with Crippen LogP contribution >= 0.6 is 23.1 Å². The SMILES string of the molecule is COc1c(C)cc(SC)cc1COc1ccc(F)c(-n2c(=O)[nH]c3csc(C(=O)O)c3c2=O)c1. The zero-order valence-electron chi connectivity index (χ0n) is 18.3. The van der Waals surface area contributed by atoms with Crippen molar-refractivity contribution in [3.05, 3.63) is 78.4 Å². The van der Waals surface area contributed by atoms with Crippen molar-refractivity contribution in [1.82, 2.24) is 9.55 Å². The fourth-order valence-corrected chi connectivity index (χ4v) is 5.04. The van der Waals surface area contributed by atoms with E-state index in [0.717, 1.165) is 33.4 Å². The van der Waals surface area contributed by atoms with E-state index in [2.05, 4.69) is 4.98 Å². The molecule has 0 aliphatic heterocycles. The van der Waals surface area contributed by atoms with Crippen LogP contribution in [0.3, 0.4) is 0 Å². The lowest BCUT2D eigenvalue weighted by molar-refractivity contribution is 0.0704. The molecule has 0 aliphatic carbocycles. The topological polar surface area (TPSA) is 111 Å². The molecular formula is C23H19FN2O6S2. The lowest BCUT2D eigenvalue weighted by Crippen LogP contribution is -2.34. The van der Waals surface area contributed by atoms with Crippen LogP contribution in [0, 0.1) is 12.7 Å². The van der Waals surface area contributed by atoms with Crippen LogP contribution in [0.25, 0.3) is 16.6 Å². The molecule has 2 heterocycles. The third-order valence-corrected chi connectivity index (χ3v) is 6.84. The van der Waals surface area contributed by atoms with Gasteiger partial charge >= 0.3 is 11.7 Å². The van der Waals surface area contributed by atoms with Crippen LogP contribution in [0.1, 0.15) is 20.8 Å². The van der Waals surface area contributed by atoms with Crippen molar-refractivity contribution in [2.75, 3.05) is 13.4 Å². The molecule has 0 amide bonds. The zero-order chi connectivity index (χ0) is 24.6. The third kappa shape index (κ3) is 4.19. The molecular weight excluding hydrogens is 483 g/mol. The Morgan fingerprint density at radius 1 is 1.26 bits per heavy atom. The summed E-state index contributed by atoms with van der Waals surface area (Å²) in [5.41, 5.74) is -0.388. The van der Waals surface area contributed by atoms with Crippen LogP contribution in [0.2, 0.25) is 0 Å². The number of hydrogen-bond donors (Lipinski definition) is 2. The van der Waals surface area contributed by atoms with Crippen LogP contribution in [0.5, 0.6) is 11.5 Å². The van der Waals surface area contributed by atoms with Gasteiger partial charge in [0.05, 0.1) is 23.7 Å². The summed E-state index contributed by atoms with van der Waals surface area (Å²) in [6.45, 7) is 2.02. The zero-order valence-corrected chi connectivity index (χ0v) is 19.9. The first-order valence-electron chi connectivity index (χ1n) is 9.89. The molecule has 8 nitrogen and oxygen atoms in total. The average Bonchev–Trinajstić information content (AvgIpc) is 3.23. The van der Waals surface area contributed by atoms with Crippen molar-refractivity contribution in [1.29, 1.82) is 0 Å². The second-order valence-electron chi connectivity index (χ2n) is 7.27. The molecule has 0 fully saturated rings. The summed E-state index contributed by atoms with van der Waals surface area (Å²) in [6.07, 6.45) is 1.95. The number of aromatic carboxylic acids is 1. The Kier molecular flexibility index (Phi) is 6.49. The van der Waals surface area contributed by atoms with Crippen LogP contribution < -0.4 is 20.7 Å². The normalized spacial score (nSPS) is 11.1. The number of aryl methyl sites for hydroxylation is 1. The van der Waals surface area contributed by atoms with Crippen molar-refractivity contribution in [2.24, 2.45) is 0 Å². The predicted octanol–water partition coefficient (Wildman–Crippen LogP) is 4.20. The smallest absolute Gasteiger partial charge is 0.346 e. The number of methoxy groups -OCH3 is 1. The number of nitrogens with zero attached hydrogens (tertiary/aromatic N) is 1. The van der Waals surface area contributed by atoms with Crippen molar-refractivity contribution >= 4 is 40.0 Å². The van der Waals surface area contributed by atoms with Gasteiger partial charge in [0.2, 0.25) is 0 Å². The van der Waals surface area contributed by atoms with Gasteiger partial charge in [-0.3, -0.25) is 4.79 Å². The number of ether oxygens (including phenoxy) is 2. The average molecular weight is 503 g/mol. The van der Waals surface area contributed by atoms with E-state index in [-0.39, 0.29) is 33.8 Å². The van der Waals surface area contributed by atoms with Gasteiger partial charge in [-0.1, -0.05) is 0 Å². The number of H-pyrrole nitrogens is 1. The maximum absolute atomic E-state index is 14.7. The first-order chi connectivity index (χ1) is 16.2. The van der Waals surface area contributed by atoms with Gasteiger partial charge in [-0.25, -0.2) is 18.5 Å². The van der Waals surface area contributed by atoms with Gasteiger partial charge in [-0.05, 0) is 43.0 Å². The van der Waals surface area contributed by atoms with Gasteiger partial charge < -0.3 is 19.6 Å². The Hall–Kier alpha value is -3.57. The van der Waals surface area contributed by atoms with Crippen LogP contribution in [0.4, 0.5) is 4.39 Å². The summed E-state index contributed by atoms with van der Waals surface area (Å²) in [6, 6.07) is 7.60. The maximum atomic E-state index is 14.7. The second kappa shape index (κ2) is 9.35. The summed E-state index contributed by atoms with van der Waals surface area (Å²) in [5.74, 6) is -1.29. The number of halogens is 1. The lowest BCUT2D eigenvalue weighted by atomic mass is 10.1. The van der Waals surface area contributed by atoms with E-state index in [4.69, 9.17) is 9.47 Å². The molecule has 34 heavy (non-hydrogen) atoms. The van der Waals surface area contributed by atoms with Gasteiger partial charge in [0.1, 0.15) is 28.8 Å². The van der Waals surface area contributed by atoms with Gasteiger partial charge in [-0.15, -0.1) is 23.1 Å². The second-order valence-corrected chi connectivity index (χ2v) is 9.03. The van der Waals surface area contributed by atoms with Crippen LogP contribution in [-0.2, 0) is 6.61 Å². The number of nitrogens with one attached hydrogen (secondary N) is 1. The number of rotatable bonds is 7. The Balaban J connectivity index is 1.76. The van der Waals surface area contributed by atoms with Gasteiger partial charge in [0.25, 0.3) is 5.56 Å². The van der Waals surface area contributed by atoms with E-state index in [0.29, 0.717) is 10.3 Å². The van der Waals surface area contributed by atoms with E-state index < -0.39 is 23.0 Å². The molecule has 4 rings (SSSR count). The first-order valence-corrected chi connectivity index (χ1v) is 12.0. The molecule has 176 valence electrons. The molecule has 0 spiro atoms. The Labute approximate surface area is 200 Å². The molecule has 0 aliphatic rings. The number of thioether (sulfide) groups is 1. The molecule has 0 saturated carbocycles. The minimum Gasteiger partial charge on any atom is -0.496 e. The molecule has 2 aromatic carbocycles. The number of aromatic amines is 1. The van der Waals surface area contributed by atoms with E-state index >= 15 is 0 Å². The monoisotopic (exact) mass is 502 g/mol. The van der Waals surface area contributed by atoms with E-state index in [1.807, 2.05) is 25.3 Å². The molecule has 2 aromatic heterocycles. The molecule has 0 saturated heterocycles. The van der Waals surface area contributed by atoms with Crippen molar-refractivity contribution in [3.63, 3.8) is 0 Å². The molecule has 0 bridgehead atoms. The predicted molar refractivity (Wildman–Crippen MR) is 129 cm³/mol. The Morgan fingerprint density at radius 2 is 2.03 bits per heavy atom. The molecule has 11 heteroatoms. The number of thiophene rings is 1. The summed E-state index contributed by atoms with van der Waals surface area (Å²) < 4.78 is 26.6. The van der Waals surface area contributed by atoms with E-state index in [1.54, 1.807) is 18.9 Å².